The summed E-state index contributed by atoms with van der Waals surface area (Å²) in [6.07, 6.45) is 0. The molecule has 0 atom stereocenters. The van der Waals surface area contributed by atoms with Gasteiger partial charge in [0, 0.05) is 8.95 Å². The molecule has 0 N–H and O–H groups in total. The lowest BCUT2D eigenvalue weighted by molar-refractivity contribution is 1.55. The van der Waals surface area contributed by atoms with Crippen molar-refractivity contribution in [2.24, 2.45) is 0 Å². The lowest BCUT2D eigenvalue weighted by Gasteiger charge is -2.08. The van der Waals surface area contributed by atoms with Crippen LogP contribution in [0.4, 0.5) is 0 Å². The first-order chi connectivity index (χ1) is 9.75. The average Bonchev–Trinajstić information content (AvgIpc) is 2.49. The van der Waals surface area contributed by atoms with Gasteiger partial charge in [0.1, 0.15) is 0 Å². The van der Waals surface area contributed by atoms with Crippen LogP contribution in [0.1, 0.15) is 0 Å². The zero-order chi connectivity index (χ0) is 13.9. The third kappa shape index (κ3) is 2.72. The molecule has 0 unspecified atom stereocenters. The Morgan fingerprint density at radius 2 is 0.800 bits per heavy atom. The number of rotatable bonds is 2. The molecular weight excluding hydrogens is 376 g/mol. The van der Waals surface area contributed by atoms with E-state index in [4.69, 9.17) is 0 Å². The summed E-state index contributed by atoms with van der Waals surface area (Å²) < 4.78 is 2.24. The van der Waals surface area contributed by atoms with Crippen molar-refractivity contribution in [3.05, 3.63) is 81.7 Å². The third-order valence-electron chi connectivity index (χ3n) is 3.25. The maximum absolute atomic E-state index is 3.60. The van der Waals surface area contributed by atoms with Crippen LogP contribution in [-0.2, 0) is 0 Å². The maximum Gasteiger partial charge on any atom is 0.0253 e. The minimum absolute atomic E-state index is 1.12. The van der Waals surface area contributed by atoms with Gasteiger partial charge in [-0.3, -0.25) is 0 Å². The van der Waals surface area contributed by atoms with E-state index in [1.807, 2.05) is 12.1 Å². The number of halogens is 2. The van der Waals surface area contributed by atoms with E-state index in [1.54, 1.807) is 0 Å². The lowest BCUT2D eigenvalue weighted by atomic mass is 10.0. The molecular formula is C18H12Br2. The van der Waals surface area contributed by atoms with Gasteiger partial charge >= 0.3 is 0 Å². The summed E-state index contributed by atoms with van der Waals surface area (Å²) in [5.41, 5.74) is 4.86. The molecule has 3 aromatic rings. The van der Waals surface area contributed by atoms with Gasteiger partial charge in [-0.15, -0.1) is 0 Å². The predicted molar refractivity (Wildman–Crippen MR) is 92.7 cm³/mol. The second-order valence-electron chi connectivity index (χ2n) is 4.54. The molecule has 0 saturated carbocycles. The molecule has 0 radical (unpaired) electrons. The molecule has 20 heavy (non-hydrogen) atoms. The Labute approximate surface area is 135 Å². The summed E-state index contributed by atoms with van der Waals surface area (Å²) in [7, 11) is 0. The average molecular weight is 388 g/mol. The zero-order valence-corrected chi connectivity index (χ0v) is 13.9. The fourth-order valence-corrected chi connectivity index (χ4v) is 3.25. The summed E-state index contributed by atoms with van der Waals surface area (Å²) >= 11 is 7.20. The SMILES string of the molecule is Brc1ccccc1-c1ccc(-c2ccccc2Br)cc1. The number of benzene rings is 3. The van der Waals surface area contributed by atoms with Crippen molar-refractivity contribution in [1.82, 2.24) is 0 Å². The molecule has 0 saturated heterocycles. The fraction of sp³-hybridized carbons (Fsp3) is 0. The Bertz CT molecular complexity index is 666. The van der Waals surface area contributed by atoms with Gasteiger partial charge in [-0.2, -0.15) is 0 Å². The molecule has 0 aliphatic heterocycles. The molecule has 0 spiro atoms. The predicted octanol–water partition coefficient (Wildman–Crippen LogP) is 6.55. The highest BCUT2D eigenvalue weighted by Gasteiger charge is 2.04. The first-order valence-corrected chi connectivity index (χ1v) is 7.94. The normalized spacial score (nSPS) is 10.5. The molecule has 0 aromatic heterocycles. The first-order valence-electron chi connectivity index (χ1n) is 6.35. The molecule has 0 bridgehead atoms. The van der Waals surface area contributed by atoms with Gasteiger partial charge in [0.2, 0.25) is 0 Å². The van der Waals surface area contributed by atoms with Crippen molar-refractivity contribution in [2.75, 3.05) is 0 Å². The van der Waals surface area contributed by atoms with Gasteiger partial charge < -0.3 is 0 Å². The van der Waals surface area contributed by atoms with Crippen molar-refractivity contribution < 1.29 is 0 Å². The molecule has 0 heterocycles. The highest BCUT2D eigenvalue weighted by molar-refractivity contribution is 9.11. The topological polar surface area (TPSA) is 0 Å². The third-order valence-corrected chi connectivity index (χ3v) is 4.64. The molecule has 0 aliphatic rings. The fourth-order valence-electron chi connectivity index (χ4n) is 2.22. The van der Waals surface area contributed by atoms with Gasteiger partial charge in [-0.1, -0.05) is 92.5 Å². The molecule has 0 amide bonds. The zero-order valence-electron chi connectivity index (χ0n) is 10.7. The van der Waals surface area contributed by atoms with Crippen molar-refractivity contribution in [1.29, 1.82) is 0 Å². The summed E-state index contributed by atoms with van der Waals surface area (Å²) in [5, 5.41) is 0. The van der Waals surface area contributed by atoms with E-state index in [0.29, 0.717) is 0 Å². The Morgan fingerprint density at radius 3 is 1.15 bits per heavy atom. The molecule has 3 rings (SSSR count). The van der Waals surface area contributed by atoms with Crippen LogP contribution in [0.2, 0.25) is 0 Å². The maximum atomic E-state index is 3.60. The summed E-state index contributed by atoms with van der Waals surface area (Å²) in [6, 6.07) is 25.2. The van der Waals surface area contributed by atoms with Crippen LogP contribution >= 0.6 is 31.9 Å². The van der Waals surface area contributed by atoms with Crippen LogP contribution in [0, 0.1) is 0 Å². The standard InChI is InChI=1S/C18H12Br2/c19-17-7-3-1-5-15(17)13-9-11-14(12-10-13)16-6-2-4-8-18(16)20/h1-12H. The Balaban J connectivity index is 2.01. The second kappa shape index (κ2) is 5.94. The Kier molecular flexibility index (Phi) is 4.04. The molecule has 0 aliphatic carbocycles. The van der Waals surface area contributed by atoms with Crippen LogP contribution in [0.15, 0.2) is 81.7 Å². The highest BCUT2D eigenvalue weighted by Crippen LogP contribution is 2.32. The molecule has 3 aromatic carbocycles. The van der Waals surface area contributed by atoms with Crippen molar-refractivity contribution in [3.8, 4) is 22.3 Å². The quantitative estimate of drug-likeness (QED) is 0.467. The van der Waals surface area contributed by atoms with Crippen LogP contribution < -0.4 is 0 Å². The van der Waals surface area contributed by atoms with Crippen molar-refractivity contribution in [3.63, 3.8) is 0 Å². The van der Waals surface area contributed by atoms with Gasteiger partial charge in [0.15, 0.2) is 0 Å². The van der Waals surface area contributed by atoms with E-state index in [-0.39, 0.29) is 0 Å². The first kappa shape index (κ1) is 13.6. The van der Waals surface area contributed by atoms with E-state index in [2.05, 4.69) is 92.5 Å². The Morgan fingerprint density at radius 1 is 0.450 bits per heavy atom. The largest absolute Gasteiger partial charge is 0.0616 e. The van der Waals surface area contributed by atoms with E-state index in [9.17, 15) is 0 Å². The summed E-state index contributed by atoms with van der Waals surface area (Å²) in [5.74, 6) is 0. The minimum Gasteiger partial charge on any atom is -0.0616 e. The number of hydrogen-bond donors (Lipinski definition) is 0. The Hall–Kier alpha value is -1.38. The van der Waals surface area contributed by atoms with Crippen LogP contribution in [0.5, 0.6) is 0 Å². The van der Waals surface area contributed by atoms with Crippen molar-refractivity contribution >= 4 is 31.9 Å². The molecule has 98 valence electrons. The number of hydrogen-bond acceptors (Lipinski definition) is 0. The van der Waals surface area contributed by atoms with Gasteiger partial charge in [-0.25, -0.2) is 0 Å². The molecule has 0 fully saturated rings. The smallest absolute Gasteiger partial charge is 0.0253 e. The van der Waals surface area contributed by atoms with Crippen LogP contribution in [0.25, 0.3) is 22.3 Å². The monoisotopic (exact) mass is 386 g/mol. The van der Waals surface area contributed by atoms with E-state index >= 15 is 0 Å². The lowest BCUT2D eigenvalue weighted by Crippen LogP contribution is -1.82. The molecule has 0 nitrogen and oxygen atoms in total. The second-order valence-corrected chi connectivity index (χ2v) is 6.25. The van der Waals surface area contributed by atoms with Gasteiger partial charge in [0.25, 0.3) is 0 Å². The summed E-state index contributed by atoms with van der Waals surface area (Å²) in [6.45, 7) is 0. The van der Waals surface area contributed by atoms with Crippen LogP contribution in [-0.4, -0.2) is 0 Å². The van der Waals surface area contributed by atoms with E-state index < -0.39 is 0 Å². The van der Waals surface area contributed by atoms with E-state index in [0.717, 1.165) is 8.95 Å². The van der Waals surface area contributed by atoms with Crippen LogP contribution in [0.3, 0.4) is 0 Å². The minimum atomic E-state index is 1.12. The summed E-state index contributed by atoms with van der Waals surface area (Å²) in [4.78, 5) is 0. The molecule has 2 heteroatoms. The van der Waals surface area contributed by atoms with Gasteiger partial charge in [0.05, 0.1) is 0 Å². The van der Waals surface area contributed by atoms with Crippen molar-refractivity contribution in [2.45, 2.75) is 0 Å². The van der Waals surface area contributed by atoms with E-state index in [1.165, 1.54) is 22.3 Å². The highest BCUT2D eigenvalue weighted by atomic mass is 79.9. The van der Waals surface area contributed by atoms with Gasteiger partial charge in [-0.05, 0) is 34.4 Å².